The summed E-state index contributed by atoms with van der Waals surface area (Å²) in [5, 5.41) is 13.2. The van der Waals surface area contributed by atoms with Gasteiger partial charge in [0.1, 0.15) is 0 Å². The van der Waals surface area contributed by atoms with Crippen LogP contribution in [0.2, 0.25) is 5.02 Å². The summed E-state index contributed by atoms with van der Waals surface area (Å²) in [6.07, 6.45) is 5.49. The van der Waals surface area contributed by atoms with E-state index in [-0.39, 0.29) is 46.1 Å². The molecule has 5 rings (SSSR count). The number of allylic oxidation sites excluding steroid dienone is 1. The number of halogens is 3. The van der Waals surface area contributed by atoms with Gasteiger partial charge in [0, 0.05) is 94.0 Å². The van der Waals surface area contributed by atoms with E-state index in [2.05, 4.69) is 34.1 Å². The summed E-state index contributed by atoms with van der Waals surface area (Å²) in [5.74, 6) is -1.87. The number of nitrogens with two attached hydrogens (primary N) is 1. The number of aromatic nitrogens is 2. The van der Waals surface area contributed by atoms with Gasteiger partial charge in [-0.1, -0.05) is 17.7 Å². The van der Waals surface area contributed by atoms with Gasteiger partial charge in [0.05, 0.1) is 55.8 Å². The van der Waals surface area contributed by atoms with Crippen LogP contribution in [-0.4, -0.2) is 138 Å². The highest BCUT2D eigenvalue weighted by Gasteiger charge is 2.42. The van der Waals surface area contributed by atoms with Crippen molar-refractivity contribution in [2.45, 2.75) is 51.7 Å². The van der Waals surface area contributed by atoms with E-state index < -0.39 is 17.2 Å². The van der Waals surface area contributed by atoms with Crippen molar-refractivity contribution >= 4 is 53.1 Å². The fourth-order valence-electron chi connectivity index (χ4n) is 6.70. The molecule has 0 radical (unpaired) electrons. The summed E-state index contributed by atoms with van der Waals surface area (Å²) >= 11 is 6.26. The second-order valence-electron chi connectivity index (χ2n) is 15.1. The number of hydrogen-bond acceptors (Lipinski definition) is 10. The molecule has 1 aromatic heterocycles. The van der Waals surface area contributed by atoms with Crippen molar-refractivity contribution in [2.24, 2.45) is 17.8 Å². The molecule has 2 fully saturated rings. The minimum absolute atomic E-state index is 0.0163. The predicted octanol–water partition coefficient (Wildman–Crippen LogP) is 4.79. The van der Waals surface area contributed by atoms with Crippen LogP contribution in [0.15, 0.2) is 47.7 Å². The standard InChI is InChI=1S/C20H24F2N4O2.C19H27ClN4O2.C2H4O2/c1-12(24-8-7-20(2,3)28)15(9-23)13-5-6-14(19(22)18(13)21)16-10-25-17(11-27)26(16)4;1-21-14-6-7-15(16(20)13-14)18(25)22-8-10-23(11-9-22)19(26)17-5-4-12-24(17,2)3;1-4-2-3/h5-6,9-11,28H,7-8,23H2,1-4H3;6-7,13,17H,4-5,8-12H2,1-3H3;2H,1H3/p+1/b15-9+,24-12?;;/t;17-;/m.0./s1. The maximum Gasteiger partial charge on any atom is 0.292 e. The molecule has 3 aromatic rings. The number of quaternary nitrogens is 1. The number of likely N-dealkylation sites (N-methyl/N-ethyl adjacent to an activating group) is 1. The quantitative estimate of drug-likeness (QED) is 0.140. The third-order valence-corrected chi connectivity index (χ3v) is 10.5. The number of likely N-dealkylation sites (tertiary alicyclic amines) is 1. The van der Waals surface area contributed by atoms with Crippen LogP contribution in [0.4, 0.5) is 14.5 Å². The third-order valence-electron chi connectivity index (χ3n) is 10.2. The zero-order chi connectivity index (χ0) is 43.4. The number of aliphatic hydroxyl groups is 1. The van der Waals surface area contributed by atoms with Crippen molar-refractivity contribution in [3.63, 3.8) is 0 Å². The van der Waals surface area contributed by atoms with Crippen LogP contribution in [0.5, 0.6) is 0 Å². The van der Waals surface area contributed by atoms with Gasteiger partial charge in [0.25, 0.3) is 18.3 Å². The predicted molar refractivity (Wildman–Crippen MR) is 222 cm³/mol. The molecule has 14 nitrogen and oxygen atoms in total. The van der Waals surface area contributed by atoms with Gasteiger partial charge in [-0.05, 0) is 51.5 Å². The summed E-state index contributed by atoms with van der Waals surface area (Å²) in [5.41, 5.74) is 7.09. The molecule has 316 valence electrons. The summed E-state index contributed by atoms with van der Waals surface area (Å²) in [6.45, 7) is 9.00. The minimum atomic E-state index is -1.07. The summed E-state index contributed by atoms with van der Waals surface area (Å²) in [4.78, 5) is 57.4. The minimum Gasteiger partial charge on any atom is -0.471 e. The third kappa shape index (κ3) is 11.9. The van der Waals surface area contributed by atoms with E-state index in [4.69, 9.17) is 22.1 Å². The highest BCUT2D eigenvalue weighted by molar-refractivity contribution is 6.34. The lowest BCUT2D eigenvalue weighted by atomic mass is 9.99. The maximum absolute atomic E-state index is 14.8. The molecule has 17 heteroatoms. The molecule has 58 heavy (non-hydrogen) atoms. The lowest BCUT2D eigenvalue weighted by Crippen LogP contribution is -2.58. The number of hydrogen-bond donors (Lipinski definition) is 3. The van der Waals surface area contributed by atoms with Crippen LogP contribution in [0, 0.1) is 11.6 Å². The Hall–Kier alpha value is -5.19. The first kappa shape index (κ1) is 47.2. The molecule has 2 amide bonds. The number of piperazine rings is 1. The van der Waals surface area contributed by atoms with Gasteiger partial charge in [-0.15, -0.1) is 0 Å². The molecular formula is C41H56ClF2N8O6+. The summed E-state index contributed by atoms with van der Waals surface area (Å²) in [7, 11) is 8.93. The first-order chi connectivity index (χ1) is 27.3. The molecule has 2 aliphatic rings. The number of ether oxygens (including phenoxy) is 1. The Kier molecular flexibility index (Phi) is 17.1. The number of aliphatic imine (C=N–C) groups is 1. The monoisotopic (exact) mass is 829 g/mol. The van der Waals surface area contributed by atoms with E-state index >= 15 is 0 Å². The molecule has 0 saturated carbocycles. The Balaban J connectivity index is 0.000000285. The number of nitrogens with one attached hydrogen (secondary N) is 1. The van der Waals surface area contributed by atoms with E-state index in [1.54, 1.807) is 44.9 Å². The average Bonchev–Trinajstić information content (AvgIpc) is 3.75. The van der Waals surface area contributed by atoms with Crippen molar-refractivity contribution in [2.75, 3.05) is 72.8 Å². The molecule has 2 saturated heterocycles. The second kappa shape index (κ2) is 21.0. The first-order valence-corrected chi connectivity index (χ1v) is 19.2. The van der Waals surface area contributed by atoms with Gasteiger partial charge in [0.15, 0.2) is 29.8 Å². The Morgan fingerprint density at radius 3 is 2.22 bits per heavy atom. The number of carbonyl (C=O) groups excluding carboxylic acids is 4. The average molecular weight is 830 g/mol. The molecular weight excluding hydrogens is 774 g/mol. The Bertz CT molecular complexity index is 1990. The van der Waals surface area contributed by atoms with Crippen molar-refractivity contribution in [1.82, 2.24) is 19.4 Å². The van der Waals surface area contributed by atoms with Crippen LogP contribution in [0.3, 0.4) is 0 Å². The van der Waals surface area contributed by atoms with Crippen molar-refractivity contribution in [1.29, 1.82) is 0 Å². The number of amides is 2. The van der Waals surface area contributed by atoms with E-state index in [1.165, 1.54) is 36.2 Å². The number of methoxy groups -OCH3 is 1. The fraction of sp³-hybridized carbons (Fsp3) is 0.463. The van der Waals surface area contributed by atoms with Gasteiger partial charge >= 0.3 is 0 Å². The van der Waals surface area contributed by atoms with Gasteiger partial charge in [-0.2, -0.15) is 0 Å². The number of nitrogens with zero attached hydrogens (tertiary/aromatic N) is 6. The molecule has 0 aliphatic carbocycles. The van der Waals surface area contributed by atoms with E-state index in [0.29, 0.717) is 68.2 Å². The molecule has 1 atom stereocenters. The van der Waals surface area contributed by atoms with Crippen LogP contribution in [-0.2, 0) is 21.4 Å². The highest BCUT2D eigenvalue weighted by Crippen LogP contribution is 2.30. The zero-order valence-electron chi connectivity index (χ0n) is 34.5. The highest BCUT2D eigenvalue weighted by atomic mass is 35.5. The van der Waals surface area contributed by atoms with Crippen molar-refractivity contribution < 1.29 is 42.3 Å². The van der Waals surface area contributed by atoms with Gasteiger partial charge in [-0.25, -0.2) is 13.8 Å². The Labute approximate surface area is 343 Å². The van der Waals surface area contributed by atoms with E-state index in [9.17, 15) is 28.3 Å². The normalized spacial score (nSPS) is 16.7. The first-order valence-electron chi connectivity index (χ1n) is 18.8. The van der Waals surface area contributed by atoms with Crippen LogP contribution >= 0.6 is 11.6 Å². The molecule has 3 heterocycles. The summed E-state index contributed by atoms with van der Waals surface area (Å²) in [6, 6.07) is 8.24. The van der Waals surface area contributed by atoms with Crippen LogP contribution in [0.1, 0.15) is 66.6 Å². The number of imidazole rings is 1. The SMILES string of the molecule is CC(=NCCC(C)(C)O)/C(=C\N)c1ccc(-c2cnc(C=O)n2C)c(F)c1F.CNc1ccc(C(=O)N2CCN(C(=O)[C@@H]3CCC[N+]3(C)C)CC2)c(Cl)c1.COC=O. The number of anilines is 1. The van der Waals surface area contributed by atoms with Crippen LogP contribution < -0.4 is 11.1 Å². The number of carbonyl (C=O) groups is 4. The van der Waals surface area contributed by atoms with Crippen molar-refractivity contribution in [3.8, 4) is 11.3 Å². The number of benzene rings is 2. The fourth-order valence-corrected chi connectivity index (χ4v) is 6.96. The van der Waals surface area contributed by atoms with E-state index in [0.717, 1.165) is 29.6 Å². The number of rotatable bonds is 11. The second-order valence-corrected chi connectivity index (χ2v) is 15.5. The van der Waals surface area contributed by atoms with E-state index in [1.807, 2.05) is 18.0 Å². The van der Waals surface area contributed by atoms with Crippen molar-refractivity contribution in [3.05, 3.63) is 76.3 Å². The topological polar surface area (TPSA) is 172 Å². The molecule has 4 N–H and O–H groups in total. The molecule has 2 aromatic carbocycles. The summed E-state index contributed by atoms with van der Waals surface area (Å²) < 4.78 is 35.6. The zero-order valence-corrected chi connectivity index (χ0v) is 35.3. The molecule has 0 bridgehead atoms. The molecule has 2 aliphatic heterocycles. The lowest BCUT2D eigenvalue weighted by molar-refractivity contribution is -0.893. The Morgan fingerprint density at radius 2 is 1.72 bits per heavy atom. The van der Waals surface area contributed by atoms with Gasteiger partial charge in [0.2, 0.25) is 0 Å². The van der Waals surface area contributed by atoms with Gasteiger partial charge in [-0.3, -0.25) is 24.2 Å². The maximum atomic E-state index is 14.8. The van der Waals surface area contributed by atoms with Crippen LogP contribution in [0.25, 0.3) is 16.8 Å². The van der Waals surface area contributed by atoms with Gasteiger partial charge < -0.3 is 39.7 Å². The Morgan fingerprint density at radius 1 is 1.10 bits per heavy atom. The number of aldehydes is 1. The lowest BCUT2D eigenvalue weighted by Gasteiger charge is -2.38. The largest absolute Gasteiger partial charge is 0.471 e. The molecule has 0 unspecified atom stereocenters. The molecule has 0 spiro atoms. The smallest absolute Gasteiger partial charge is 0.292 e.